The molecule has 4 rings (SSSR count). The third kappa shape index (κ3) is 2.42. The third-order valence-corrected chi connectivity index (χ3v) is 5.70. The monoisotopic (exact) mass is 302 g/mol. The maximum atomic E-state index is 4.67. The zero-order chi connectivity index (χ0) is 14.6. The zero-order valence-corrected chi connectivity index (χ0v) is 13.7. The predicted molar refractivity (Wildman–Crippen MR) is 88.1 cm³/mol. The van der Waals surface area contributed by atoms with Crippen LogP contribution in [0, 0.1) is 13.8 Å². The molecule has 21 heavy (non-hydrogen) atoms. The van der Waals surface area contributed by atoms with E-state index in [1.165, 1.54) is 30.2 Å². The Hall–Kier alpha value is -1.20. The molecule has 1 saturated heterocycles. The van der Waals surface area contributed by atoms with Crippen LogP contribution in [0.1, 0.15) is 37.6 Å². The molecule has 2 unspecified atom stereocenters. The highest BCUT2D eigenvalue weighted by molar-refractivity contribution is 7.17. The highest BCUT2D eigenvalue weighted by Crippen LogP contribution is 2.35. The second-order valence-corrected chi connectivity index (χ2v) is 7.43. The molecule has 0 bridgehead atoms. The van der Waals surface area contributed by atoms with Crippen molar-refractivity contribution in [1.82, 2.24) is 14.9 Å². The van der Waals surface area contributed by atoms with Crippen LogP contribution < -0.4 is 5.32 Å². The molecular formula is C16H22N4S. The van der Waals surface area contributed by atoms with Crippen LogP contribution in [0.25, 0.3) is 10.2 Å². The summed E-state index contributed by atoms with van der Waals surface area (Å²) in [5.41, 5.74) is 1.28. The number of aryl methyl sites for hydroxylation is 2. The first-order chi connectivity index (χ1) is 10.1. The van der Waals surface area contributed by atoms with Gasteiger partial charge in [0.15, 0.2) is 0 Å². The summed E-state index contributed by atoms with van der Waals surface area (Å²) >= 11 is 1.71. The lowest BCUT2D eigenvalue weighted by molar-refractivity contribution is 0.257. The topological polar surface area (TPSA) is 41.1 Å². The number of nitrogens with one attached hydrogen (secondary N) is 1. The van der Waals surface area contributed by atoms with Crippen molar-refractivity contribution in [3.8, 4) is 0 Å². The lowest BCUT2D eigenvalue weighted by Crippen LogP contribution is -2.31. The molecule has 5 heteroatoms. The van der Waals surface area contributed by atoms with Gasteiger partial charge in [0.2, 0.25) is 0 Å². The number of thiophene rings is 1. The Morgan fingerprint density at radius 1 is 1.29 bits per heavy atom. The minimum atomic E-state index is 0.511. The lowest BCUT2D eigenvalue weighted by atomic mass is 10.2. The second-order valence-electron chi connectivity index (χ2n) is 6.57. The molecule has 1 N–H and O–H groups in total. The number of hydrogen-bond acceptors (Lipinski definition) is 5. The van der Waals surface area contributed by atoms with Gasteiger partial charge in [-0.1, -0.05) is 0 Å². The minimum absolute atomic E-state index is 0.511. The van der Waals surface area contributed by atoms with Gasteiger partial charge in [0.25, 0.3) is 0 Å². The van der Waals surface area contributed by atoms with E-state index in [-0.39, 0.29) is 0 Å². The van der Waals surface area contributed by atoms with Gasteiger partial charge >= 0.3 is 0 Å². The van der Waals surface area contributed by atoms with E-state index in [1.54, 1.807) is 11.3 Å². The normalized spacial score (nSPS) is 26.6. The van der Waals surface area contributed by atoms with Crippen LogP contribution in [-0.4, -0.2) is 39.5 Å². The van der Waals surface area contributed by atoms with Crippen LogP contribution in [0.2, 0.25) is 0 Å². The van der Waals surface area contributed by atoms with Crippen molar-refractivity contribution >= 4 is 27.4 Å². The Morgan fingerprint density at radius 3 is 2.86 bits per heavy atom. The molecule has 0 radical (unpaired) electrons. The molecule has 0 amide bonds. The summed E-state index contributed by atoms with van der Waals surface area (Å²) < 4.78 is 0. The minimum Gasteiger partial charge on any atom is -0.365 e. The fourth-order valence-electron chi connectivity index (χ4n) is 3.56. The van der Waals surface area contributed by atoms with Crippen LogP contribution in [0.15, 0.2) is 5.38 Å². The van der Waals surface area contributed by atoms with Gasteiger partial charge < -0.3 is 5.32 Å². The van der Waals surface area contributed by atoms with Gasteiger partial charge in [-0.2, -0.15) is 0 Å². The van der Waals surface area contributed by atoms with E-state index in [0.29, 0.717) is 12.1 Å². The molecule has 1 saturated carbocycles. The van der Waals surface area contributed by atoms with Crippen molar-refractivity contribution < 1.29 is 0 Å². The quantitative estimate of drug-likeness (QED) is 0.944. The first-order valence-electron chi connectivity index (χ1n) is 7.86. The number of nitrogens with zero attached hydrogens (tertiary/aromatic N) is 3. The van der Waals surface area contributed by atoms with E-state index >= 15 is 0 Å². The van der Waals surface area contributed by atoms with Gasteiger partial charge in [-0.3, -0.25) is 4.90 Å². The molecule has 1 aliphatic heterocycles. The molecule has 3 heterocycles. The van der Waals surface area contributed by atoms with E-state index in [9.17, 15) is 0 Å². The van der Waals surface area contributed by atoms with Crippen molar-refractivity contribution in [3.05, 3.63) is 16.8 Å². The molecule has 2 fully saturated rings. The summed E-state index contributed by atoms with van der Waals surface area (Å²) in [6.07, 6.45) is 3.99. The lowest BCUT2D eigenvalue weighted by Gasteiger charge is -2.20. The molecular weight excluding hydrogens is 280 g/mol. The van der Waals surface area contributed by atoms with Crippen LogP contribution in [-0.2, 0) is 0 Å². The summed E-state index contributed by atoms with van der Waals surface area (Å²) in [5.74, 6) is 1.89. The standard InChI is InChI=1S/C16H22N4S/c1-9-8-21-16-14(9)15(17-11(3)18-16)19-12-6-10(2)20(7-12)13-4-5-13/h8,10,12-13H,4-7H2,1-3H3,(H,17,18,19). The maximum absolute atomic E-state index is 4.67. The third-order valence-electron chi connectivity index (χ3n) is 4.71. The molecule has 1 aliphatic carbocycles. The molecule has 2 aromatic heterocycles. The average molecular weight is 302 g/mol. The van der Waals surface area contributed by atoms with Gasteiger partial charge in [-0.15, -0.1) is 11.3 Å². The molecule has 2 aliphatic rings. The summed E-state index contributed by atoms with van der Waals surface area (Å²) in [7, 11) is 0. The van der Waals surface area contributed by atoms with Crippen molar-refractivity contribution in [2.24, 2.45) is 0 Å². The Balaban J connectivity index is 1.61. The van der Waals surface area contributed by atoms with E-state index in [4.69, 9.17) is 0 Å². The average Bonchev–Trinajstić information content (AvgIpc) is 3.11. The number of likely N-dealkylation sites (tertiary alicyclic amines) is 1. The number of hydrogen-bond donors (Lipinski definition) is 1. The predicted octanol–water partition coefficient (Wildman–Crippen LogP) is 3.35. The Morgan fingerprint density at radius 2 is 2.10 bits per heavy atom. The number of rotatable bonds is 3. The Bertz CT molecular complexity index is 676. The Labute approximate surface area is 129 Å². The van der Waals surface area contributed by atoms with E-state index in [2.05, 4.69) is 39.4 Å². The molecule has 4 nitrogen and oxygen atoms in total. The fourth-order valence-corrected chi connectivity index (χ4v) is 4.53. The Kier molecular flexibility index (Phi) is 3.15. The molecule has 2 atom stereocenters. The molecule has 0 aromatic carbocycles. The first kappa shape index (κ1) is 13.5. The van der Waals surface area contributed by atoms with E-state index in [1.807, 2.05) is 6.92 Å². The first-order valence-corrected chi connectivity index (χ1v) is 8.74. The van der Waals surface area contributed by atoms with Gasteiger partial charge in [0.1, 0.15) is 16.5 Å². The van der Waals surface area contributed by atoms with Crippen LogP contribution >= 0.6 is 11.3 Å². The maximum Gasteiger partial charge on any atom is 0.139 e. The summed E-state index contributed by atoms with van der Waals surface area (Å²) in [5, 5.41) is 7.10. The number of fused-ring (bicyclic) bond motifs is 1. The number of aromatic nitrogens is 2. The smallest absolute Gasteiger partial charge is 0.139 e. The SMILES string of the molecule is Cc1nc(NC2CC(C)N(C3CC3)C2)c2c(C)csc2n1. The van der Waals surface area contributed by atoms with Crippen molar-refractivity contribution in [1.29, 1.82) is 0 Å². The molecule has 112 valence electrons. The van der Waals surface area contributed by atoms with Gasteiger partial charge in [-0.05, 0) is 51.0 Å². The van der Waals surface area contributed by atoms with Crippen LogP contribution in [0.4, 0.5) is 5.82 Å². The van der Waals surface area contributed by atoms with Crippen LogP contribution in [0.5, 0.6) is 0 Å². The molecule has 2 aromatic rings. The highest BCUT2D eigenvalue weighted by atomic mass is 32.1. The number of anilines is 1. The van der Waals surface area contributed by atoms with Crippen molar-refractivity contribution in [3.63, 3.8) is 0 Å². The molecule has 0 spiro atoms. The van der Waals surface area contributed by atoms with Gasteiger partial charge in [0.05, 0.1) is 5.39 Å². The fraction of sp³-hybridized carbons (Fsp3) is 0.625. The van der Waals surface area contributed by atoms with Gasteiger partial charge in [-0.25, -0.2) is 9.97 Å². The van der Waals surface area contributed by atoms with Crippen molar-refractivity contribution in [2.45, 2.75) is 58.2 Å². The van der Waals surface area contributed by atoms with E-state index in [0.717, 1.165) is 29.1 Å². The summed E-state index contributed by atoms with van der Waals surface area (Å²) in [6.45, 7) is 7.64. The van der Waals surface area contributed by atoms with Gasteiger partial charge in [0, 0.05) is 24.7 Å². The largest absolute Gasteiger partial charge is 0.365 e. The van der Waals surface area contributed by atoms with Crippen LogP contribution in [0.3, 0.4) is 0 Å². The van der Waals surface area contributed by atoms with E-state index < -0.39 is 0 Å². The second kappa shape index (κ2) is 4.92. The zero-order valence-electron chi connectivity index (χ0n) is 12.9. The highest BCUT2D eigenvalue weighted by Gasteiger charge is 2.38. The summed E-state index contributed by atoms with van der Waals surface area (Å²) in [6, 6.07) is 2.05. The van der Waals surface area contributed by atoms with Crippen molar-refractivity contribution in [2.75, 3.05) is 11.9 Å². The summed E-state index contributed by atoms with van der Waals surface area (Å²) in [4.78, 5) is 13.0.